The van der Waals surface area contributed by atoms with E-state index in [-0.39, 0.29) is 27.8 Å². The van der Waals surface area contributed by atoms with Crippen molar-refractivity contribution in [3.63, 3.8) is 0 Å². The number of hydrogen-bond donors (Lipinski definition) is 3. The molecule has 0 fully saturated rings. The molecule has 0 saturated carbocycles. The fourth-order valence-electron chi connectivity index (χ4n) is 2.80. The molecule has 29 heavy (non-hydrogen) atoms. The number of hydrogen-bond acceptors (Lipinski definition) is 5. The lowest BCUT2D eigenvalue weighted by Crippen LogP contribution is -2.25. The lowest BCUT2D eigenvalue weighted by molar-refractivity contribution is 0.0944. The van der Waals surface area contributed by atoms with Crippen molar-refractivity contribution in [3.8, 4) is 0 Å². The number of carbonyl (C=O) groups excluding carboxylic acids is 1. The Balaban J connectivity index is 1.32. The summed E-state index contributed by atoms with van der Waals surface area (Å²) < 4.78 is 27.1. The largest absolute Gasteiger partial charge is 0.349 e. The van der Waals surface area contributed by atoms with E-state index in [1.54, 1.807) is 0 Å². The molecule has 0 aliphatic carbocycles. The average molecular weight is 415 g/mol. The fourth-order valence-corrected chi connectivity index (χ4v) is 3.60. The predicted octanol–water partition coefficient (Wildman–Crippen LogP) is 2.99. The van der Waals surface area contributed by atoms with Crippen molar-refractivity contribution < 1.29 is 13.6 Å². The Morgan fingerprint density at radius 2 is 1.97 bits per heavy atom. The summed E-state index contributed by atoms with van der Waals surface area (Å²) in [4.78, 5) is 37.9. The van der Waals surface area contributed by atoms with Gasteiger partial charge < -0.3 is 15.3 Å². The number of aromatic nitrogens is 4. The molecule has 2 aromatic carbocycles. The van der Waals surface area contributed by atoms with Crippen molar-refractivity contribution in [2.75, 3.05) is 12.3 Å². The number of imidazole rings is 1. The molecule has 0 atom stereocenters. The number of halogens is 2. The topological polar surface area (TPSA) is 104 Å². The van der Waals surface area contributed by atoms with Gasteiger partial charge in [-0.1, -0.05) is 23.9 Å². The number of thioether (sulfide) groups is 1. The van der Waals surface area contributed by atoms with Crippen LogP contribution in [0.5, 0.6) is 0 Å². The normalized spacial score (nSPS) is 11.2. The first-order valence-electron chi connectivity index (χ1n) is 8.76. The van der Waals surface area contributed by atoms with E-state index in [0.717, 1.165) is 11.6 Å². The van der Waals surface area contributed by atoms with Gasteiger partial charge >= 0.3 is 0 Å². The number of aromatic amines is 2. The summed E-state index contributed by atoms with van der Waals surface area (Å²) in [7, 11) is 0. The van der Waals surface area contributed by atoms with Gasteiger partial charge in [0.25, 0.3) is 11.5 Å². The van der Waals surface area contributed by atoms with E-state index in [4.69, 9.17) is 0 Å². The molecule has 2 heterocycles. The summed E-state index contributed by atoms with van der Waals surface area (Å²) in [6, 6.07) is 8.99. The number of para-hydroxylation sites is 2. The molecule has 1 amide bonds. The Labute approximate surface area is 167 Å². The molecule has 0 aliphatic heterocycles. The first-order chi connectivity index (χ1) is 14.0. The van der Waals surface area contributed by atoms with E-state index in [1.165, 1.54) is 11.8 Å². The maximum Gasteiger partial charge on any atom is 0.287 e. The zero-order valence-corrected chi connectivity index (χ0v) is 15.8. The molecule has 2 aromatic heterocycles. The molecule has 0 spiro atoms. The van der Waals surface area contributed by atoms with Crippen molar-refractivity contribution in [3.05, 3.63) is 64.2 Å². The van der Waals surface area contributed by atoms with E-state index in [1.807, 2.05) is 24.3 Å². The van der Waals surface area contributed by atoms with Crippen LogP contribution in [0.2, 0.25) is 0 Å². The Morgan fingerprint density at radius 1 is 1.14 bits per heavy atom. The second-order valence-corrected chi connectivity index (χ2v) is 7.30. The molecular formula is C19H15F2N5O2S. The van der Waals surface area contributed by atoms with Crippen LogP contribution in [0.25, 0.3) is 21.9 Å². The molecule has 3 N–H and O–H groups in total. The number of amides is 1. The van der Waals surface area contributed by atoms with Gasteiger partial charge in [0.05, 0.1) is 16.4 Å². The van der Waals surface area contributed by atoms with Crippen LogP contribution in [-0.4, -0.2) is 38.1 Å². The maximum absolute atomic E-state index is 13.9. The smallest absolute Gasteiger partial charge is 0.287 e. The van der Waals surface area contributed by atoms with Gasteiger partial charge in [-0.3, -0.25) is 9.59 Å². The number of H-pyrrole nitrogens is 2. The number of benzene rings is 2. The summed E-state index contributed by atoms with van der Waals surface area (Å²) in [5.74, 6) is -1.26. The van der Waals surface area contributed by atoms with E-state index in [9.17, 15) is 18.4 Å². The molecule has 0 unspecified atom stereocenters. The van der Waals surface area contributed by atoms with Crippen molar-refractivity contribution in [2.24, 2.45) is 0 Å². The third kappa shape index (κ3) is 4.11. The molecule has 0 aliphatic rings. The summed E-state index contributed by atoms with van der Waals surface area (Å²) >= 11 is 1.21. The molecule has 4 aromatic rings. The molecule has 0 saturated heterocycles. The predicted molar refractivity (Wildman–Crippen MR) is 106 cm³/mol. The highest BCUT2D eigenvalue weighted by atomic mass is 32.2. The van der Waals surface area contributed by atoms with Gasteiger partial charge in [0, 0.05) is 18.4 Å². The maximum atomic E-state index is 13.9. The van der Waals surface area contributed by atoms with Crippen molar-refractivity contribution in [2.45, 2.75) is 11.6 Å². The van der Waals surface area contributed by atoms with Crippen LogP contribution in [0, 0.1) is 11.6 Å². The fraction of sp³-hybridized carbons (Fsp3) is 0.158. The van der Waals surface area contributed by atoms with E-state index >= 15 is 0 Å². The monoisotopic (exact) mass is 415 g/mol. The minimum atomic E-state index is -0.883. The standard InChI is InChI=1S/C19H15F2N5O2S/c20-10-8-11-15(12(21)9-10)25-19(26-17(11)27)29-7-3-6-22-18(28)16-23-13-4-1-2-5-14(13)24-16/h1-2,4-5,8-9H,3,6-7H2,(H,22,28)(H,23,24)(H,25,26,27). The number of nitrogens with zero attached hydrogens (tertiary/aromatic N) is 2. The second kappa shape index (κ2) is 8.00. The van der Waals surface area contributed by atoms with E-state index in [0.29, 0.717) is 30.3 Å². The van der Waals surface area contributed by atoms with Crippen LogP contribution < -0.4 is 10.9 Å². The number of rotatable bonds is 6. The Morgan fingerprint density at radius 3 is 2.79 bits per heavy atom. The van der Waals surface area contributed by atoms with Gasteiger partial charge in [0.2, 0.25) is 0 Å². The highest BCUT2D eigenvalue weighted by molar-refractivity contribution is 7.99. The molecular weight excluding hydrogens is 400 g/mol. The van der Waals surface area contributed by atoms with Crippen molar-refractivity contribution >= 4 is 39.6 Å². The molecule has 10 heteroatoms. The lowest BCUT2D eigenvalue weighted by atomic mass is 10.2. The van der Waals surface area contributed by atoms with Gasteiger partial charge in [-0.25, -0.2) is 18.7 Å². The first kappa shape index (κ1) is 19.1. The highest BCUT2D eigenvalue weighted by Gasteiger charge is 2.12. The molecule has 0 radical (unpaired) electrons. The van der Waals surface area contributed by atoms with Crippen LogP contribution in [0.15, 0.2) is 46.3 Å². The van der Waals surface area contributed by atoms with Crippen molar-refractivity contribution in [1.82, 2.24) is 25.3 Å². The van der Waals surface area contributed by atoms with Crippen molar-refractivity contribution in [1.29, 1.82) is 0 Å². The van der Waals surface area contributed by atoms with Crippen LogP contribution >= 0.6 is 11.8 Å². The van der Waals surface area contributed by atoms with Crippen LogP contribution in [-0.2, 0) is 0 Å². The van der Waals surface area contributed by atoms with E-state index in [2.05, 4.69) is 25.3 Å². The third-order valence-corrected chi connectivity index (χ3v) is 5.12. The zero-order valence-electron chi connectivity index (χ0n) is 15.0. The SMILES string of the molecule is O=C(NCCCSc1nc2c(F)cc(F)cc2c(=O)[nH]1)c1nc2ccccc2[nH]1. The minimum absolute atomic E-state index is 0.134. The zero-order chi connectivity index (χ0) is 20.4. The Kier molecular flexibility index (Phi) is 5.26. The second-order valence-electron chi connectivity index (χ2n) is 6.22. The Hall–Kier alpha value is -3.27. The lowest BCUT2D eigenvalue weighted by Gasteiger charge is -2.05. The summed E-state index contributed by atoms with van der Waals surface area (Å²) in [5, 5.41) is 2.86. The first-order valence-corrected chi connectivity index (χ1v) is 9.74. The molecule has 4 rings (SSSR count). The molecule has 0 bridgehead atoms. The summed E-state index contributed by atoms with van der Waals surface area (Å²) in [6.45, 7) is 0.389. The molecule has 148 valence electrons. The average Bonchev–Trinajstić information content (AvgIpc) is 3.13. The van der Waals surface area contributed by atoms with E-state index < -0.39 is 17.2 Å². The highest BCUT2D eigenvalue weighted by Crippen LogP contribution is 2.19. The van der Waals surface area contributed by atoms with Gasteiger partial charge in [0.15, 0.2) is 16.8 Å². The third-order valence-electron chi connectivity index (χ3n) is 4.16. The number of fused-ring (bicyclic) bond motifs is 2. The number of nitrogens with one attached hydrogen (secondary N) is 3. The van der Waals surface area contributed by atoms with Gasteiger partial charge in [-0.05, 0) is 24.6 Å². The quantitative estimate of drug-likeness (QED) is 0.255. The van der Waals surface area contributed by atoms with Gasteiger partial charge in [-0.15, -0.1) is 0 Å². The summed E-state index contributed by atoms with van der Waals surface area (Å²) in [6.07, 6.45) is 0.588. The van der Waals surface area contributed by atoms with Crippen LogP contribution in [0.3, 0.4) is 0 Å². The number of carbonyl (C=O) groups is 1. The minimum Gasteiger partial charge on any atom is -0.349 e. The summed E-state index contributed by atoms with van der Waals surface area (Å²) in [5.41, 5.74) is 0.725. The van der Waals surface area contributed by atoms with Gasteiger partial charge in [0.1, 0.15) is 11.3 Å². The Bertz CT molecular complexity index is 1240. The van der Waals surface area contributed by atoms with Gasteiger partial charge in [-0.2, -0.15) is 0 Å². The van der Waals surface area contributed by atoms with Crippen LogP contribution in [0.4, 0.5) is 8.78 Å². The molecule has 7 nitrogen and oxygen atoms in total. The van der Waals surface area contributed by atoms with Crippen LogP contribution in [0.1, 0.15) is 17.0 Å².